The maximum Gasteiger partial charge on any atom is 0.305 e. The van der Waals surface area contributed by atoms with Crippen molar-refractivity contribution >= 4 is 69.6 Å². The minimum absolute atomic E-state index is 0.189. The number of hydrogen-bond acceptors (Lipinski definition) is 8. The Morgan fingerprint density at radius 1 is 0.704 bits per heavy atom. The number of amides is 2. The molecule has 2 aromatic heterocycles. The molecule has 2 heterocycles. The van der Waals surface area contributed by atoms with Gasteiger partial charge in [-0.15, -0.1) is 22.7 Å². The quantitative estimate of drug-likeness (QED) is 0.0953. The zero-order valence-electron chi connectivity index (χ0n) is 29.0. The van der Waals surface area contributed by atoms with E-state index in [2.05, 4.69) is 20.6 Å². The van der Waals surface area contributed by atoms with Gasteiger partial charge in [0.1, 0.15) is 10.7 Å². The second-order valence-corrected chi connectivity index (χ2v) is 14.6. The molecule has 0 fully saturated rings. The van der Waals surface area contributed by atoms with Crippen LogP contribution in [0.25, 0.3) is 21.8 Å². The van der Waals surface area contributed by atoms with Gasteiger partial charge in [-0.3, -0.25) is 19.2 Å². The summed E-state index contributed by atoms with van der Waals surface area (Å²) >= 11 is 14.8. The first-order valence-electron chi connectivity index (χ1n) is 16.5. The molecule has 54 heavy (non-hydrogen) atoms. The summed E-state index contributed by atoms with van der Waals surface area (Å²) in [5.74, 6) is -2.89. The molecule has 2 atom stereocenters. The Kier molecular flexibility index (Phi) is 13.7. The largest absolute Gasteiger partial charge is 0.481 e. The molecule has 0 aliphatic rings. The van der Waals surface area contributed by atoms with Crippen molar-refractivity contribution < 1.29 is 29.4 Å². The summed E-state index contributed by atoms with van der Waals surface area (Å²) in [6.45, 7) is 3.93. The van der Waals surface area contributed by atoms with Crippen LogP contribution in [0.15, 0.2) is 108 Å². The fraction of sp³-hybridized carbons (Fsp3) is 0.150. The number of carboxylic acid groups (broad SMARTS) is 2. The van der Waals surface area contributed by atoms with Crippen LogP contribution in [0, 0.1) is 13.8 Å². The molecule has 0 saturated heterocycles. The lowest BCUT2D eigenvalue weighted by atomic mass is 10.0. The number of halogens is 2. The summed E-state index contributed by atoms with van der Waals surface area (Å²) in [7, 11) is 0. The number of carbonyl (C=O) groups excluding carboxylic acids is 2. The van der Waals surface area contributed by atoms with Gasteiger partial charge < -0.3 is 20.8 Å². The van der Waals surface area contributed by atoms with Gasteiger partial charge in [0.25, 0.3) is 11.8 Å². The summed E-state index contributed by atoms with van der Waals surface area (Å²) < 4.78 is 0. The van der Waals surface area contributed by atoms with E-state index in [1.165, 1.54) is 22.7 Å². The lowest BCUT2D eigenvalue weighted by Crippen LogP contribution is -2.30. The molecule has 14 heteroatoms. The van der Waals surface area contributed by atoms with Crippen molar-refractivity contribution in [1.29, 1.82) is 0 Å². The Morgan fingerprint density at radius 2 is 1.35 bits per heavy atom. The number of hydrogen-bond donors (Lipinski definition) is 4. The summed E-state index contributed by atoms with van der Waals surface area (Å²) in [5.41, 5.74) is 6.16. The number of benzene rings is 4. The molecule has 4 aromatic carbocycles. The predicted molar refractivity (Wildman–Crippen MR) is 212 cm³/mol. The second-order valence-electron chi connectivity index (χ2n) is 12.1. The molecule has 6 rings (SSSR count). The fourth-order valence-corrected chi connectivity index (χ4v) is 7.37. The number of aromatic nitrogens is 2. The van der Waals surface area contributed by atoms with Crippen molar-refractivity contribution in [3.8, 4) is 21.8 Å². The molecular formula is C40H34Cl2N4O6S2. The maximum absolute atomic E-state index is 12.7. The van der Waals surface area contributed by atoms with E-state index in [4.69, 9.17) is 23.2 Å². The first-order valence-corrected chi connectivity index (χ1v) is 19.0. The highest BCUT2D eigenvalue weighted by Gasteiger charge is 2.24. The van der Waals surface area contributed by atoms with Gasteiger partial charge in [0, 0.05) is 21.9 Å². The number of aliphatic carboxylic acids is 2. The van der Waals surface area contributed by atoms with E-state index >= 15 is 0 Å². The third-order valence-electron chi connectivity index (χ3n) is 8.09. The second kappa shape index (κ2) is 18.6. The minimum Gasteiger partial charge on any atom is -0.481 e. The molecule has 0 saturated carbocycles. The normalized spacial score (nSPS) is 11.8. The smallest absolute Gasteiger partial charge is 0.305 e. The monoisotopic (exact) mass is 800 g/mol. The Hall–Kier alpha value is -5.40. The Labute approximate surface area is 329 Å². The molecule has 0 spiro atoms. The van der Waals surface area contributed by atoms with Crippen LogP contribution in [0.1, 0.15) is 67.5 Å². The first-order chi connectivity index (χ1) is 25.9. The summed E-state index contributed by atoms with van der Waals surface area (Å²) in [5, 5.41) is 28.9. The number of rotatable bonds is 12. The van der Waals surface area contributed by atoms with Gasteiger partial charge in [0.15, 0.2) is 5.01 Å². The van der Waals surface area contributed by atoms with Crippen LogP contribution in [0.3, 0.4) is 0 Å². The van der Waals surface area contributed by atoms with Gasteiger partial charge in [-0.25, -0.2) is 9.97 Å². The lowest BCUT2D eigenvalue weighted by molar-refractivity contribution is -0.138. The molecule has 0 aliphatic heterocycles. The summed E-state index contributed by atoms with van der Waals surface area (Å²) in [6.07, 6.45) is -0.522. The molecule has 2 amide bonds. The fourth-order valence-electron chi connectivity index (χ4n) is 5.31. The van der Waals surface area contributed by atoms with Crippen molar-refractivity contribution in [3.63, 3.8) is 0 Å². The van der Waals surface area contributed by atoms with Crippen molar-refractivity contribution in [3.05, 3.63) is 151 Å². The molecule has 10 nitrogen and oxygen atoms in total. The molecule has 0 radical (unpaired) electrons. The predicted octanol–water partition coefficient (Wildman–Crippen LogP) is 9.44. The standard InChI is InChI=1S/C20H16Cl2N2O3S.C20H18N2O3S/c1-11-5-2-3-6-12(11)20-24-16(10-28-20)19(27)23-15(9-17(25)26)13-7-4-8-14(21)18(13)22;1-13-7-9-15(10-8-13)16(11-18(23)24)21-19(25)20-22-17(12-26-20)14-5-3-2-4-6-14/h2-8,10,15H,9H2,1H3,(H,23,27)(H,25,26);2-10,12,16H,11H2,1H3,(H,21,25)(H,23,24)/t15-;16-/m00/s1. The molecule has 0 bridgehead atoms. The molecule has 276 valence electrons. The molecular weight excluding hydrogens is 768 g/mol. The van der Waals surface area contributed by atoms with Crippen LogP contribution in [-0.4, -0.2) is 43.9 Å². The van der Waals surface area contributed by atoms with Crippen LogP contribution in [-0.2, 0) is 9.59 Å². The van der Waals surface area contributed by atoms with Gasteiger partial charge in [0.2, 0.25) is 0 Å². The van der Waals surface area contributed by atoms with E-state index in [1.54, 1.807) is 23.6 Å². The van der Waals surface area contributed by atoms with E-state index in [0.29, 0.717) is 15.6 Å². The van der Waals surface area contributed by atoms with Crippen LogP contribution in [0.5, 0.6) is 0 Å². The van der Waals surface area contributed by atoms with E-state index < -0.39 is 29.9 Å². The van der Waals surface area contributed by atoms with E-state index in [9.17, 15) is 29.4 Å². The van der Waals surface area contributed by atoms with Crippen molar-refractivity contribution in [1.82, 2.24) is 20.6 Å². The number of carboxylic acids is 2. The van der Waals surface area contributed by atoms with Gasteiger partial charge in [-0.1, -0.05) is 120 Å². The third kappa shape index (κ3) is 10.6. The Bertz CT molecular complexity index is 2260. The molecule has 4 N–H and O–H groups in total. The Balaban J connectivity index is 0.000000208. The van der Waals surface area contributed by atoms with Crippen LogP contribution in [0.4, 0.5) is 0 Å². The number of carbonyl (C=O) groups is 4. The van der Waals surface area contributed by atoms with Crippen LogP contribution in [0.2, 0.25) is 10.0 Å². The SMILES string of the molecule is Cc1ccc([C@H](CC(=O)O)NC(=O)c2nc(-c3ccccc3)cs2)cc1.Cc1ccccc1-c1nc(C(=O)N[C@@H](CC(=O)O)c2cccc(Cl)c2Cl)cs1. The summed E-state index contributed by atoms with van der Waals surface area (Å²) in [6, 6.07) is 28.3. The van der Waals surface area contributed by atoms with Gasteiger partial charge in [0.05, 0.1) is 40.7 Å². The average Bonchev–Trinajstić information content (AvgIpc) is 3.85. The van der Waals surface area contributed by atoms with Gasteiger partial charge >= 0.3 is 11.9 Å². The maximum atomic E-state index is 12.7. The number of nitrogens with zero attached hydrogens (tertiary/aromatic N) is 2. The van der Waals surface area contributed by atoms with Crippen molar-refractivity contribution in [2.45, 2.75) is 38.8 Å². The van der Waals surface area contributed by atoms with Crippen LogP contribution < -0.4 is 10.6 Å². The zero-order valence-corrected chi connectivity index (χ0v) is 32.1. The first kappa shape index (κ1) is 39.8. The Morgan fingerprint density at radius 3 is 2.04 bits per heavy atom. The number of thiazole rings is 2. The number of aryl methyl sites for hydroxylation is 2. The lowest BCUT2D eigenvalue weighted by Gasteiger charge is -2.18. The van der Waals surface area contributed by atoms with Crippen molar-refractivity contribution in [2.75, 3.05) is 0 Å². The highest BCUT2D eigenvalue weighted by Crippen LogP contribution is 2.32. The third-order valence-corrected chi connectivity index (χ3v) is 10.6. The zero-order chi connectivity index (χ0) is 38.8. The topological polar surface area (TPSA) is 159 Å². The van der Waals surface area contributed by atoms with Gasteiger partial charge in [-0.2, -0.15) is 0 Å². The van der Waals surface area contributed by atoms with E-state index in [-0.39, 0.29) is 29.5 Å². The number of nitrogens with one attached hydrogen (secondary N) is 2. The average molecular weight is 802 g/mol. The van der Waals surface area contributed by atoms with E-state index in [0.717, 1.165) is 38.5 Å². The highest BCUT2D eigenvalue weighted by atomic mass is 35.5. The van der Waals surface area contributed by atoms with Crippen molar-refractivity contribution in [2.24, 2.45) is 0 Å². The highest BCUT2D eigenvalue weighted by molar-refractivity contribution is 7.13. The molecule has 6 aromatic rings. The van der Waals surface area contributed by atoms with E-state index in [1.807, 2.05) is 98.1 Å². The minimum atomic E-state index is -1.07. The molecule has 0 aliphatic carbocycles. The summed E-state index contributed by atoms with van der Waals surface area (Å²) in [4.78, 5) is 56.5. The van der Waals surface area contributed by atoms with Gasteiger partial charge in [-0.05, 0) is 36.6 Å². The van der Waals surface area contributed by atoms with Crippen LogP contribution >= 0.6 is 45.9 Å². The molecule has 0 unspecified atom stereocenters.